The predicted octanol–water partition coefficient (Wildman–Crippen LogP) is 4.67. The van der Waals surface area contributed by atoms with Gasteiger partial charge >= 0.3 is 5.97 Å². The molecular formula is C22H28ClNO3. The van der Waals surface area contributed by atoms with Crippen LogP contribution in [0.3, 0.4) is 0 Å². The average Bonchev–Trinajstić information content (AvgIpc) is 2.60. The fourth-order valence-corrected chi connectivity index (χ4v) is 6.35. The van der Waals surface area contributed by atoms with E-state index in [1.165, 1.54) is 19.3 Å². The molecule has 1 unspecified atom stereocenters. The maximum absolute atomic E-state index is 13.4. The summed E-state index contributed by atoms with van der Waals surface area (Å²) in [6, 6.07) is 6.97. The van der Waals surface area contributed by atoms with Gasteiger partial charge in [-0.2, -0.15) is 0 Å². The van der Waals surface area contributed by atoms with Gasteiger partial charge in [0.2, 0.25) is 5.91 Å². The molecule has 27 heavy (non-hydrogen) atoms. The topological polar surface area (TPSA) is 55.4 Å². The minimum Gasteiger partial charge on any atom is -0.466 e. The lowest BCUT2D eigenvalue weighted by atomic mass is 9.49. The van der Waals surface area contributed by atoms with Crippen LogP contribution in [0.1, 0.15) is 63.5 Å². The van der Waals surface area contributed by atoms with Crippen molar-refractivity contribution < 1.29 is 14.3 Å². The zero-order valence-corrected chi connectivity index (χ0v) is 16.6. The van der Waals surface area contributed by atoms with Crippen LogP contribution in [0.25, 0.3) is 0 Å². The normalized spacial score (nSPS) is 32.1. The summed E-state index contributed by atoms with van der Waals surface area (Å²) >= 11 is 6.38. The molecule has 5 heteroatoms. The number of hydrogen-bond donors (Lipinski definition) is 1. The minimum atomic E-state index is -0.446. The number of nitrogens with one attached hydrogen (secondary N) is 1. The molecule has 0 spiro atoms. The number of rotatable bonds is 6. The highest BCUT2D eigenvalue weighted by Crippen LogP contribution is 2.60. The number of hydrogen-bond acceptors (Lipinski definition) is 3. The number of ether oxygens (including phenoxy) is 1. The molecule has 1 atom stereocenters. The fourth-order valence-electron chi connectivity index (χ4n) is 6.08. The van der Waals surface area contributed by atoms with Gasteiger partial charge in [0.25, 0.3) is 0 Å². The number of halogens is 1. The Morgan fingerprint density at radius 2 is 1.74 bits per heavy atom. The van der Waals surface area contributed by atoms with Crippen LogP contribution in [0.15, 0.2) is 24.3 Å². The summed E-state index contributed by atoms with van der Waals surface area (Å²) in [6.45, 7) is 2.12. The molecule has 4 nitrogen and oxygen atoms in total. The van der Waals surface area contributed by atoms with E-state index in [2.05, 4.69) is 5.32 Å². The van der Waals surface area contributed by atoms with Crippen molar-refractivity contribution in [1.29, 1.82) is 0 Å². The molecule has 4 aliphatic rings. The van der Waals surface area contributed by atoms with E-state index in [0.29, 0.717) is 29.4 Å². The first kappa shape index (κ1) is 18.8. The first-order valence-corrected chi connectivity index (χ1v) is 10.6. The van der Waals surface area contributed by atoms with Gasteiger partial charge in [-0.3, -0.25) is 9.59 Å². The third-order valence-corrected chi connectivity index (χ3v) is 7.13. The lowest BCUT2D eigenvalue weighted by Crippen LogP contribution is -2.54. The molecule has 0 aliphatic heterocycles. The van der Waals surface area contributed by atoms with Crippen LogP contribution in [-0.2, 0) is 14.3 Å². The number of carbonyl (C=O) groups excluding carboxylic acids is 2. The Bertz CT molecular complexity index is 697. The first-order valence-electron chi connectivity index (χ1n) is 10.2. The molecule has 4 aliphatic carbocycles. The second-order valence-corrected chi connectivity index (χ2v) is 9.16. The van der Waals surface area contributed by atoms with Crippen LogP contribution in [0, 0.1) is 23.2 Å². The third kappa shape index (κ3) is 3.73. The van der Waals surface area contributed by atoms with E-state index in [-0.39, 0.29) is 23.7 Å². The van der Waals surface area contributed by atoms with E-state index in [0.717, 1.165) is 24.8 Å². The van der Waals surface area contributed by atoms with Gasteiger partial charge in [-0.25, -0.2) is 0 Å². The predicted molar refractivity (Wildman–Crippen MR) is 104 cm³/mol. The Morgan fingerprint density at radius 1 is 1.15 bits per heavy atom. The van der Waals surface area contributed by atoms with Gasteiger partial charge in [-0.1, -0.05) is 29.8 Å². The van der Waals surface area contributed by atoms with Gasteiger partial charge in [0.1, 0.15) is 0 Å². The van der Waals surface area contributed by atoms with E-state index in [1.54, 1.807) is 13.0 Å². The summed E-state index contributed by atoms with van der Waals surface area (Å²) in [4.78, 5) is 25.6. The Labute approximate surface area is 166 Å². The monoisotopic (exact) mass is 389 g/mol. The molecule has 146 valence electrons. The summed E-state index contributed by atoms with van der Waals surface area (Å²) in [5.74, 6) is 1.89. The Balaban J connectivity index is 1.55. The second-order valence-electron chi connectivity index (χ2n) is 8.75. The average molecular weight is 390 g/mol. The van der Waals surface area contributed by atoms with Crippen LogP contribution >= 0.6 is 11.6 Å². The highest BCUT2D eigenvalue weighted by atomic mass is 35.5. The third-order valence-electron chi connectivity index (χ3n) is 6.78. The SMILES string of the molecule is CCOC(=O)CC(NC(=O)C12CC3CC(CC(C3)C1)C2)c1ccccc1Cl. The molecular weight excluding hydrogens is 362 g/mol. The van der Waals surface area contributed by atoms with Crippen LogP contribution in [0.2, 0.25) is 5.02 Å². The molecule has 5 rings (SSSR count). The molecule has 1 aromatic carbocycles. The van der Waals surface area contributed by atoms with Gasteiger partial charge < -0.3 is 10.1 Å². The molecule has 4 saturated carbocycles. The Kier molecular flexibility index (Phi) is 5.19. The van der Waals surface area contributed by atoms with E-state index in [9.17, 15) is 9.59 Å². The maximum Gasteiger partial charge on any atom is 0.308 e. The van der Waals surface area contributed by atoms with Crippen molar-refractivity contribution in [2.75, 3.05) is 6.61 Å². The molecule has 4 bridgehead atoms. The molecule has 0 heterocycles. The number of amides is 1. The van der Waals surface area contributed by atoms with Crippen molar-refractivity contribution in [2.24, 2.45) is 23.2 Å². The standard InChI is InChI=1S/C22H28ClNO3/c1-2-27-20(25)10-19(17-5-3-4-6-18(17)23)24-21(26)22-11-14-7-15(12-22)9-16(8-14)13-22/h3-6,14-16,19H,2,7-13H2,1H3,(H,24,26). The molecule has 4 fully saturated rings. The van der Waals surface area contributed by atoms with Crippen molar-refractivity contribution in [1.82, 2.24) is 5.32 Å². The van der Waals surface area contributed by atoms with E-state index >= 15 is 0 Å². The van der Waals surface area contributed by atoms with Crippen molar-refractivity contribution in [3.05, 3.63) is 34.9 Å². The highest BCUT2D eigenvalue weighted by Gasteiger charge is 2.54. The number of esters is 1. The Morgan fingerprint density at radius 3 is 2.30 bits per heavy atom. The van der Waals surface area contributed by atoms with E-state index in [4.69, 9.17) is 16.3 Å². The maximum atomic E-state index is 13.4. The van der Waals surface area contributed by atoms with E-state index in [1.807, 2.05) is 18.2 Å². The smallest absolute Gasteiger partial charge is 0.308 e. The van der Waals surface area contributed by atoms with Gasteiger partial charge in [0, 0.05) is 10.4 Å². The van der Waals surface area contributed by atoms with Gasteiger partial charge in [0.15, 0.2) is 0 Å². The molecule has 0 radical (unpaired) electrons. The summed E-state index contributed by atoms with van der Waals surface area (Å²) in [5, 5.41) is 3.76. The van der Waals surface area contributed by atoms with Crippen molar-refractivity contribution in [3.8, 4) is 0 Å². The van der Waals surface area contributed by atoms with Crippen molar-refractivity contribution in [2.45, 2.75) is 57.9 Å². The van der Waals surface area contributed by atoms with Gasteiger partial charge in [-0.05, 0) is 74.8 Å². The number of carbonyl (C=O) groups is 2. The lowest BCUT2D eigenvalue weighted by molar-refractivity contribution is -0.148. The summed E-state index contributed by atoms with van der Waals surface area (Å²) in [6.07, 6.45) is 6.99. The molecule has 1 N–H and O–H groups in total. The van der Waals surface area contributed by atoms with Gasteiger partial charge in [-0.15, -0.1) is 0 Å². The van der Waals surface area contributed by atoms with Crippen molar-refractivity contribution in [3.63, 3.8) is 0 Å². The molecule has 1 aromatic rings. The summed E-state index contributed by atoms with van der Waals surface area (Å²) in [7, 11) is 0. The summed E-state index contributed by atoms with van der Waals surface area (Å²) in [5.41, 5.74) is 0.536. The summed E-state index contributed by atoms with van der Waals surface area (Å²) < 4.78 is 5.13. The second kappa shape index (κ2) is 7.46. The largest absolute Gasteiger partial charge is 0.466 e. The van der Waals surface area contributed by atoms with Crippen LogP contribution in [-0.4, -0.2) is 18.5 Å². The van der Waals surface area contributed by atoms with E-state index < -0.39 is 6.04 Å². The fraction of sp³-hybridized carbons (Fsp3) is 0.636. The minimum absolute atomic E-state index is 0.107. The molecule has 0 saturated heterocycles. The Hall–Kier alpha value is -1.55. The zero-order valence-electron chi connectivity index (χ0n) is 15.9. The molecule has 0 aromatic heterocycles. The number of benzene rings is 1. The zero-order chi connectivity index (χ0) is 19.0. The van der Waals surface area contributed by atoms with Crippen LogP contribution in [0.4, 0.5) is 0 Å². The van der Waals surface area contributed by atoms with Gasteiger partial charge in [0.05, 0.1) is 19.1 Å². The lowest BCUT2D eigenvalue weighted by Gasteiger charge is -2.55. The van der Waals surface area contributed by atoms with Crippen molar-refractivity contribution >= 4 is 23.5 Å². The highest BCUT2D eigenvalue weighted by molar-refractivity contribution is 6.31. The quantitative estimate of drug-likeness (QED) is 0.719. The van der Waals surface area contributed by atoms with Crippen LogP contribution in [0.5, 0.6) is 0 Å². The first-order chi connectivity index (χ1) is 13.0. The van der Waals surface area contributed by atoms with Crippen LogP contribution < -0.4 is 5.32 Å². The molecule has 1 amide bonds.